The van der Waals surface area contributed by atoms with Crippen molar-refractivity contribution in [3.63, 3.8) is 0 Å². The van der Waals surface area contributed by atoms with Crippen LogP contribution in [0.3, 0.4) is 0 Å². The molecular weight excluding hydrogens is 371 g/mol. The summed E-state index contributed by atoms with van der Waals surface area (Å²) in [6, 6.07) is 5.27. The fourth-order valence-corrected chi connectivity index (χ4v) is 5.53. The summed E-state index contributed by atoms with van der Waals surface area (Å²) in [7, 11) is -2.94. The highest BCUT2D eigenvalue weighted by Gasteiger charge is 2.43. The molecule has 0 bridgehead atoms. The van der Waals surface area contributed by atoms with E-state index in [4.69, 9.17) is 0 Å². The Balaban J connectivity index is 1.75. The van der Waals surface area contributed by atoms with Crippen LogP contribution < -0.4 is 0 Å². The fourth-order valence-electron chi connectivity index (χ4n) is 4.26. The predicted molar refractivity (Wildman–Crippen MR) is 101 cm³/mol. The highest BCUT2D eigenvalue weighted by Crippen LogP contribution is 2.34. The van der Waals surface area contributed by atoms with Crippen LogP contribution in [0.5, 0.6) is 0 Å². The first kappa shape index (κ1) is 20.2. The third kappa shape index (κ3) is 4.50. The topological polar surface area (TPSA) is 77.9 Å². The summed E-state index contributed by atoms with van der Waals surface area (Å²) < 4.78 is 36.8. The Morgan fingerprint density at radius 2 is 2.00 bits per heavy atom. The molecule has 0 spiro atoms. The summed E-state index contributed by atoms with van der Waals surface area (Å²) in [5.74, 6) is -0.121. The minimum Gasteiger partial charge on any atom is -0.394 e. The van der Waals surface area contributed by atoms with Gasteiger partial charge in [-0.3, -0.25) is 4.79 Å². The molecule has 0 aliphatic carbocycles. The third-order valence-electron chi connectivity index (χ3n) is 5.88. The smallest absolute Gasteiger partial charge is 0.254 e. The van der Waals surface area contributed by atoms with Crippen molar-refractivity contribution in [2.45, 2.75) is 19.4 Å². The van der Waals surface area contributed by atoms with Crippen molar-refractivity contribution in [3.05, 3.63) is 35.6 Å². The largest absolute Gasteiger partial charge is 0.394 e. The van der Waals surface area contributed by atoms with E-state index in [2.05, 4.69) is 11.8 Å². The van der Waals surface area contributed by atoms with E-state index in [1.54, 1.807) is 11.0 Å². The molecule has 2 saturated heterocycles. The third-order valence-corrected chi connectivity index (χ3v) is 7.49. The number of halogens is 1. The van der Waals surface area contributed by atoms with E-state index in [1.807, 2.05) is 0 Å². The molecule has 2 heterocycles. The van der Waals surface area contributed by atoms with Crippen molar-refractivity contribution in [3.8, 4) is 0 Å². The molecule has 150 valence electrons. The van der Waals surface area contributed by atoms with Gasteiger partial charge in [-0.1, -0.05) is 19.4 Å². The summed E-state index contributed by atoms with van der Waals surface area (Å²) in [5.41, 5.74) is 0.285. The van der Waals surface area contributed by atoms with Crippen LogP contribution >= 0.6 is 0 Å². The normalized spacial score (nSPS) is 28.4. The lowest BCUT2D eigenvalue weighted by Gasteiger charge is -2.33. The molecule has 1 N–H and O–H groups in total. The zero-order valence-corrected chi connectivity index (χ0v) is 16.4. The van der Waals surface area contributed by atoms with E-state index in [1.165, 1.54) is 18.2 Å². The number of amides is 1. The van der Waals surface area contributed by atoms with Gasteiger partial charge in [0.05, 0.1) is 24.2 Å². The van der Waals surface area contributed by atoms with Gasteiger partial charge in [-0.05, 0) is 30.0 Å². The number of carbonyl (C=O) groups is 1. The van der Waals surface area contributed by atoms with Gasteiger partial charge >= 0.3 is 0 Å². The van der Waals surface area contributed by atoms with Gasteiger partial charge in [-0.2, -0.15) is 0 Å². The Morgan fingerprint density at radius 3 is 2.59 bits per heavy atom. The Morgan fingerprint density at radius 1 is 1.30 bits per heavy atom. The van der Waals surface area contributed by atoms with Crippen LogP contribution in [0.2, 0.25) is 0 Å². The van der Waals surface area contributed by atoms with E-state index in [9.17, 15) is 22.7 Å². The summed E-state index contributed by atoms with van der Waals surface area (Å²) in [5, 5.41) is 10.0. The molecule has 0 unspecified atom stereocenters. The maximum atomic E-state index is 13.5. The number of aliphatic hydroxyl groups is 1. The van der Waals surface area contributed by atoms with Crippen LogP contribution in [-0.2, 0) is 9.84 Å². The second-order valence-electron chi connectivity index (χ2n) is 7.50. The molecule has 3 atom stereocenters. The van der Waals surface area contributed by atoms with Crippen LogP contribution in [0.25, 0.3) is 0 Å². The Labute approximate surface area is 159 Å². The molecule has 0 radical (unpaired) electrons. The molecule has 2 fully saturated rings. The Kier molecular flexibility index (Phi) is 6.18. The number of hydrogen-bond donors (Lipinski definition) is 1. The van der Waals surface area contributed by atoms with Crippen LogP contribution in [0.15, 0.2) is 24.3 Å². The lowest BCUT2D eigenvalue weighted by Crippen LogP contribution is -2.47. The standard InChI is InChI=1S/C19H27FN2O4S/c1-2-14-11-22(19(24)15-4-3-5-16(20)10-15)18(13-23)17(14)12-21-6-8-27(25,26)9-7-21/h3-5,10,14,17-18,23H,2,6-9,11-13H2,1H3/t14-,17-,18-/m1/s1. The first-order valence-electron chi connectivity index (χ1n) is 9.44. The SMILES string of the molecule is CC[C@@H]1CN(C(=O)c2cccc(F)c2)[C@H](CO)[C@@H]1CN1CCS(=O)(=O)CC1. The van der Waals surface area contributed by atoms with Gasteiger partial charge in [0.25, 0.3) is 5.91 Å². The van der Waals surface area contributed by atoms with E-state index in [0.717, 1.165) is 6.42 Å². The van der Waals surface area contributed by atoms with Crippen molar-refractivity contribution in [2.24, 2.45) is 11.8 Å². The quantitative estimate of drug-likeness (QED) is 0.801. The van der Waals surface area contributed by atoms with Crippen LogP contribution in [-0.4, -0.2) is 79.6 Å². The summed E-state index contributed by atoms with van der Waals surface area (Å²) in [6.45, 7) is 4.06. The summed E-state index contributed by atoms with van der Waals surface area (Å²) >= 11 is 0. The minimum atomic E-state index is -2.94. The molecule has 0 aromatic heterocycles. The maximum Gasteiger partial charge on any atom is 0.254 e. The molecule has 1 aromatic rings. The molecule has 3 rings (SSSR count). The van der Waals surface area contributed by atoms with Crippen molar-refractivity contribution in [1.82, 2.24) is 9.80 Å². The number of hydrogen-bond acceptors (Lipinski definition) is 5. The van der Waals surface area contributed by atoms with Crippen molar-refractivity contribution < 1.29 is 22.7 Å². The zero-order chi connectivity index (χ0) is 19.6. The van der Waals surface area contributed by atoms with Crippen molar-refractivity contribution in [1.29, 1.82) is 0 Å². The van der Waals surface area contributed by atoms with E-state index >= 15 is 0 Å². The van der Waals surface area contributed by atoms with E-state index in [-0.39, 0.29) is 47.5 Å². The number of aliphatic hydroxyl groups excluding tert-OH is 1. The molecule has 2 aliphatic heterocycles. The monoisotopic (exact) mass is 398 g/mol. The number of sulfone groups is 1. The Hall–Kier alpha value is -1.51. The fraction of sp³-hybridized carbons (Fsp3) is 0.632. The zero-order valence-electron chi connectivity index (χ0n) is 15.6. The van der Waals surface area contributed by atoms with Gasteiger partial charge in [0, 0.05) is 31.7 Å². The number of rotatable bonds is 5. The van der Waals surface area contributed by atoms with Gasteiger partial charge in [0.15, 0.2) is 9.84 Å². The second kappa shape index (κ2) is 8.24. The average Bonchev–Trinajstić information content (AvgIpc) is 3.00. The highest BCUT2D eigenvalue weighted by atomic mass is 32.2. The van der Waals surface area contributed by atoms with Crippen LogP contribution in [0, 0.1) is 17.7 Å². The molecular formula is C19H27FN2O4S. The molecule has 2 aliphatic rings. The number of nitrogens with zero attached hydrogens (tertiary/aromatic N) is 2. The van der Waals surface area contributed by atoms with Gasteiger partial charge in [0.1, 0.15) is 5.82 Å². The molecule has 8 heteroatoms. The highest BCUT2D eigenvalue weighted by molar-refractivity contribution is 7.91. The summed E-state index contributed by atoms with van der Waals surface area (Å²) in [4.78, 5) is 16.7. The Bertz CT molecular complexity index is 772. The first-order chi connectivity index (χ1) is 12.8. The molecule has 0 saturated carbocycles. The predicted octanol–water partition coefficient (Wildman–Crippen LogP) is 1.02. The van der Waals surface area contributed by atoms with Crippen molar-refractivity contribution in [2.75, 3.05) is 44.3 Å². The number of carbonyl (C=O) groups excluding carboxylic acids is 1. The average molecular weight is 399 g/mol. The molecule has 1 aromatic carbocycles. The molecule has 27 heavy (non-hydrogen) atoms. The van der Waals surface area contributed by atoms with Gasteiger partial charge < -0.3 is 14.9 Å². The molecule has 6 nitrogen and oxygen atoms in total. The van der Waals surface area contributed by atoms with Gasteiger partial charge in [0.2, 0.25) is 0 Å². The van der Waals surface area contributed by atoms with E-state index in [0.29, 0.717) is 26.2 Å². The van der Waals surface area contributed by atoms with Crippen LogP contribution in [0.1, 0.15) is 23.7 Å². The summed E-state index contributed by atoms with van der Waals surface area (Å²) in [6.07, 6.45) is 0.861. The number of benzene rings is 1. The lowest BCUT2D eigenvalue weighted by atomic mass is 9.88. The van der Waals surface area contributed by atoms with Gasteiger partial charge in [-0.15, -0.1) is 0 Å². The van der Waals surface area contributed by atoms with Gasteiger partial charge in [-0.25, -0.2) is 12.8 Å². The first-order valence-corrected chi connectivity index (χ1v) is 11.3. The lowest BCUT2D eigenvalue weighted by molar-refractivity contribution is 0.0618. The van der Waals surface area contributed by atoms with Crippen molar-refractivity contribution >= 4 is 15.7 Å². The van der Waals surface area contributed by atoms with E-state index < -0.39 is 15.7 Å². The maximum absolute atomic E-state index is 13.5. The second-order valence-corrected chi connectivity index (χ2v) is 9.81. The minimum absolute atomic E-state index is 0.0679. The number of likely N-dealkylation sites (tertiary alicyclic amines) is 1. The van der Waals surface area contributed by atoms with Crippen LogP contribution in [0.4, 0.5) is 4.39 Å². The molecule has 1 amide bonds.